The van der Waals surface area contributed by atoms with Gasteiger partial charge < -0.3 is 24.1 Å². The highest BCUT2D eigenvalue weighted by Crippen LogP contribution is 2.24. The van der Waals surface area contributed by atoms with Gasteiger partial charge in [0.25, 0.3) is 0 Å². The summed E-state index contributed by atoms with van der Waals surface area (Å²) in [6.45, 7) is 0.374. The van der Waals surface area contributed by atoms with Gasteiger partial charge >= 0.3 is 0 Å². The quantitative estimate of drug-likeness (QED) is 0.306. The van der Waals surface area contributed by atoms with Gasteiger partial charge in [0.05, 0.1) is 18.4 Å². The minimum atomic E-state index is -0.416. The van der Waals surface area contributed by atoms with Gasteiger partial charge in [0.15, 0.2) is 11.6 Å². The summed E-state index contributed by atoms with van der Waals surface area (Å²) >= 11 is 0. The van der Waals surface area contributed by atoms with Crippen LogP contribution in [0.2, 0.25) is 0 Å². The second-order valence-corrected chi connectivity index (χ2v) is 5.68. The van der Waals surface area contributed by atoms with E-state index in [1.165, 1.54) is 18.5 Å². The molecule has 0 bridgehead atoms. The third-order valence-corrected chi connectivity index (χ3v) is 3.88. The molecule has 0 spiro atoms. The van der Waals surface area contributed by atoms with Crippen molar-refractivity contribution in [3.63, 3.8) is 0 Å². The van der Waals surface area contributed by atoms with Crippen molar-refractivity contribution < 1.29 is 18.6 Å². The van der Waals surface area contributed by atoms with E-state index in [-0.39, 0.29) is 0 Å². The van der Waals surface area contributed by atoms with Crippen LogP contribution >= 0.6 is 0 Å². The first-order chi connectivity index (χ1) is 13.2. The Labute approximate surface area is 152 Å². The number of hydrogen-bond acceptors (Lipinski definition) is 7. The maximum absolute atomic E-state index is 14.6. The summed E-state index contributed by atoms with van der Waals surface area (Å²) in [5.74, 6) is 0.748. The highest BCUT2D eigenvalue weighted by atomic mass is 19.1. The summed E-state index contributed by atoms with van der Waals surface area (Å²) in [6.07, 6.45) is 6.07. The second-order valence-electron chi connectivity index (χ2n) is 5.68. The van der Waals surface area contributed by atoms with Gasteiger partial charge in [-0.25, -0.2) is 4.39 Å². The molecule has 4 rings (SSSR count). The van der Waals surface area contributed by atoms with Gasteiger partial charge in [-0.15, -0.1) is 0 Å². The van der Waals surface area contributed by atoms with E-state index in [0.717, 1.165) is 0 Å². The summed E-state index contributed by atoms with van der Waals surface area (Å²) in [6, 6.07) is 9.91. The molecule has 3 aromatic heterocycles. The standard InChI is InChI=1S/C18H14FN5O3/c19-15-7-13(1-2-17(15)24-5-3-12(11-24)9-21-25)16-8-14(27-22-16)10-20-18-4-6-26-23-18/h1-9,11,25H,10H2,(H,20,23)/b21-9-. The van der Waals surface area contributed by atoms with Crippen molar-refractivity contribution in [2.75, 3.05) is 5.32 Å². The van der Waals surface area contributed by atoms with Crippen LogP contribution in [-0.4, -0.2) is 26.3 Å². The van der Waals surface area contributed by atoms with Gasteiger partial charge in [-0.1, -0.05) is 21.5 Å². The van der Waals surface area contributed by atoms with Gasteiger partial charge in [-0.05, 0) is 18.2 Å². The molecule has 2 N–H and O–H groups in total. The smallest absolute Gasteiger partial charge is 0.169 e. The average Bonchev–Trinajstić information content (AvgIpc) is 3.42. The van der Waals surface area contributed by atoms with E-state index in [0.29, 0.717) is 40.6 Å². The molecule has 0 fully saturated rings. The molecule has 3 heterocycles. The Kier molecular flexibility index (Phi) is 4.40. The predicted octanol–water partition coefficient (Wildman–Crippen LogP) is 3.68. The number of oxime groups is 1. The van der Waals surface area contributed by atoms with Crippen LogP contribution in [0, 0.1) is 5.82 Å². The molecule has 0 aliphatic rings. The highest BCUT2D eigenvalue weighted by molar-refractivity contribution is 5.79. The lowest BCUT2D eigenvalue weighted by atomic mass is 10.1. The Morgan fingerprint density at radius 2 is 2.15 bits per heavy atom. The maximum Gasteiger partial charge on any atom is 0.169 e. The van der Waals surface area contributed by atoms with Crippen LogP contribution in [0.15, 0.2) is 69.3 Å². The second kappa shape index (κ2) is 7.16. The molecule has 0 radical (unpaired) electrons. The largest absolute Gasteiger partial charge is 0.411 e. The molecule has 0 unspecified atom stereocenters. The molecule has 27 heavy (non-hydrogen) atoms. The molecule has 0 saturated heterocycles. The number of halogens is 1. The van der Waals surface area contributed by atoms with Crippen molar-refractivity contribution in [3.8, 4) is 16.9 Å². The topological polar surface area (TPSA) is 102 Å². The minimum absolute atomic E-state index is 0.368. The summed E-state index contributed by atoms with van der Waals surface area (Å²) in [5, 5.41) is 22.3. The first-order valence-electron chi connectivity index (χ1n) is 7.98. The molecule has 1 aromatic carbocycles. The third kappa shape index (κ3) is 3.56. The summed E-state index contributed by atoms with van der Waals surface area (Å²) in [4.78, 5) is 0. The van der Waals surface area contributed by atoms with E-state index >= 15 is 0 Å². The average molecular weight is 367 g/mol. The van der Waals surface area contributed by atoms with Gasteiger partial charge in [-0.3, -0.25) is 0 Å². The van der Waals surface area contributed by atoms with Crippen LogP contribution in [-0.2, 0) is 6.54 Å². The molecule has 8 nitrogen and oxygen atoms in total. The lowest BCUT2D eigenvalue weighted by molar-refractivity contribution is 0.322. The minimum Gasteiger partial charge on any atom is -0.411 e. The normalized spacial score (nSPS) is 11.3. The van der Waals surface area contributed by atoms with Gasteiger partial charge in [-0.2, -0.15) is 0 Å². The van der Waals surface area contributed by atoms with Crippen LogP contribution < -0.4 is 5.32 Å². The van der Waals surface area contributed by atoms with Crippen molar-refractivity contribution >= 4 is 12.0 Å². The van der Waals surface area contributed by atoms with E-state index in [9.17, 15) is 4.39 Å². The SMILES string of the molecule is O/N=C\c1ccn(-c2ccc(-c3cc(CNc4ccon4)on3)cc2F)c1. The number of nitrogens with one attached hydrogen (secondary N) is 1. The fraction of sp³-hybridized carbons (Fsp3) is 0.0556. The third-order valence-electron chi connectivity index (χ3n) is 3.88. The van der Waals surface area contributed by atoms with Gasteiger partial charge in [0.1, 0.15) is 17.8 Å². The summed E-state index contributed by atoms with van der Waals surface area (Å²) in [5.41, 5.74) is 2.14. The number of nitrogens with zero attached hydrogens (tertiary/aromatic N) is 4. The summed E-state index contributed by atoms with van der Waals surface area (Å²) in [7, 11) is 0. The molecular weight excluding hydrogens is 353 g/mol. The Hall–Kier alpha value is -3.88. The Morgan fingerprint density at radius 3 is 2.93 bits per heavy atom. The molecule has 0 saturated carbocycles. The molecule has 136 valence electrons. The Bertz CT molecular complexity index is 1070. The van der Waals surface area contributed by atoms with Crippen molar-refractivity contribution in [1.29, 1.82) is 0 Å². The number of anilines is 1. The van der Waals surface area contributed by atoms with E-state index in [1.807, 2.05) is 0 Å². The number of hydrogen-bond donors (Lipinski definition) is 2. The van der Waals surface area contributed by atoms with Crippen molar-refractivity contribution in [2.45, 2.75) is 6.54 Å². The van der Waals surface area contributed by atoms with Gasteiger partial charge in [0, 0.05) is 35.7 Å². The zero-order valence-corrected chi connectivity index (χ0v) is 13.9. The highest BCUT2D eigenvalue weighted by Gasteiger charge is 2.11. The lowest BCUT2D eigenvalue weighted by Crippen LogP contribution is -1.97. The van der Waals surface area contributed by atoms with Crippen LogP contribution in [0.25, 0.3) is 16.9 Å². The molecule has 9 heteroatoms. The zero-order valence-electron chi connectivity index (χ0n) is 13.9. The number of rotatable bonds is 6. The van der Waals surface area contributed by atoms with Crippen LogP contribution in [0.5, 0.6) is 0 Å². The molecule has 0 atom stereocenters. The first-order valence-corrected chi connectivity index (χ1v) is 7.98. The molecule has 0 amide bonds. The fourth-order valence-corrected chi connectivity index (χ4v) is 2.60. The van der Waals surface area contributed by atoms with E-state index in [2.05, 4.69) is 20.8 Å². The van der Waals surface area contributed by atoms with Crippen molar-refractivity contribution in [3.05, 3.63) is 72.2 Å². The molecule has 0 aliphatic carbocycles. The fourth-order valence-electron chi connectivity index (χ4n) is 2.60. The maximum atomic E-state index is 14.6. The van der Waals surface area contributed by atoms with Crippen LogP contribution in [0.3, 0.4) is 0 Å². The van der Waals surface area contributed by atoms with Crippen LogP contribution in [0.1, 0.15) is 11.3 Å². The number of benzene rings is 1. The molecule has 0 aliphatic heterocycles. The Morgan fingerprint density at radius 1 is 1.22 bits per heavy atom. The van der Waals surface area contributed by atoms with Crippen molar-refractivity contribution in [1.82, 2.24) is 14.9 Å². The first kappa shape index (κ1) is 16.6. The Balaban J connectivity index is 1.52. The predicted molar refractivity (Wildman–Crippen MR) is 94.4 cm³/mol. The molecule has 4 aromatic rings. The monoisotopic (exact) mass is 367 g/mol. The molecular formula is C18H14FN5O3. The van der Waals surface area contributed by atoms with E-state index in [4.69, 9.17) is 14.3 Å². The van der Waals surface area contributed by atoms with Crippen molar-refractivity contribution in [2.24, 2.45) is 5.16 Å². The summed E-state index contributed by atoms with van der Waals surface area (Å²) < 4.78 is 26.2. The van der Waals surface area contributed by atoms with Crippen LogP contribution in [0.4, 0.5) is 10.2 Å². The van der Waals surface area contributed by atoms with E-state index in [1.54, 1.807) is 47.3 Å². The van der Waals surface area contributed by atoms with E-state index < -0.39 is 5.82 Å². The van der Waals surface area contributed by atoms with Gasteiger partial charge in [0.2, 0.25) is 0 Å². The zero-order chi connectivity index (χ0) is 18.6. The number of aromatic nitrogens is 3. The lowest BCUT2D eigenvalue weighted by Gasteiger charge is -2.05.